The lowest BCUT2D eigenvalue weighted by Crippen LogP contribution is -2.36. The number of amides is 3. The van der Waals surface area contributed by atoms with Crippen LogP contribution in [-0.4, -0.2) is 45.0 Å². The standard InChI is InChI=1S/C25H18BrClN4O7S/c1-2-37-20-9-14(3-7-19(20)38-23-8-5-16(12-28-23)31(35)36)10-21-24(33)30(25(34)39-21)13-22(32)29-15-4-6-17(26)18(27)11-15/h3-12H,2,13H2,1H3,(H,29,32)/b21-10-. The van der Waals surface area contributed by atoms with Gasteiger partial charge < -0.3 is 14.8 Å². The Bertz CT molecular complexity index is 1500. The molecule has 0 saturated carbocycles. The van der Waals surface area contributed by atoms with Crippen molar-refractivity contribution in [1.29, 1.82) is 0 Å². The zero-order valence-corrected chi connectivity index (χ0v) is 23.2. The molecular formula is C25H18BrClN4O7S. The Balaban J connectivity index is 1.47. The van der Waals surface area contributed by atoms with Crippen molar-refractivity contribution in [2.45, 2.75) is 6.92 Å². The first-order chi connectivity index (χ1) is 18.6. The van der Waals surface area contributed by atoms with Crippen LogP contribution in [0.15, 0.2) is 64.1 Å². The van der Waals surface area contributed by atoms with Crippen LogP contribution < -0.4 is 14.8 Å². The normalized spacial score (nSPS) is 14.0. The Kier molecular flexibility index (Phi) is 8.84. The number of thioether (sulfide) groups is 1. The molecule has 1 aliphatic heterocycles. The van der Waals surface area contributed by atoms with Gasteiger partial charge in [-0.15, -0.1) is 0 Å². The number of aromatic nitrogens is 1. The van der Waals surface area contributed by atoms with Gasteiger partial charge in [0, 0.05) is 22.3 Å². The summed E-state index contributed by atoms with van der Waals surface area (Å²) in [4.78, 5) is 53.0. The number of carbonyl (C=O) groups is 3. The van der Waals surface area contributed by atoms with Crippen LogP contribution in [0.5, 0.6) is 17.4 Å². The predicted octanol–water partition coefficient (Wildman–Crippen LogP) is 6.27. The first-order valence-electron chi connectivity index (χ1n) is 11.2. The Morgan fingerprint density at radius 2 is 2.00 bits per heavy atom. The first-order valence-corrected chi connectivity index (χ1v) is 13.2. The highest BCUT2D eigenvalue weighted by atomic mass is 79.9. The maximum absolute atomic E-state index is 12.9. The van der Waals surface area contributed by atoms with Crippen molar-refractivity contribution in [2.24, 2.45) is 0 Å². The van der Waals surface area contributed by atoms with Crippen molar-refractivity contribution < 1.29 is 28.8 Å². The Morgan fingerprint density at radius 1 is 1.21 bits per heavy atom. The molecule has 4 rings (SSSR count). The van der Waals surface area contributed by atoms with E-state index in [4.69, 9.17) is 21.1 Å². The summed E-state index contributed by atoms with van der Waals surface area (Å²) in [6.07, 6.45) is 2.59. The van der Waals surface area contributed by atoms with E-state index in [1.165, 1.54) is 24.3 Å². The van der Waals surface area contributed by atoms with E-state index < -0.39 is 28.5 Å². The third kappa shape index (κ3) is 6.93. The highest BCUT2D eigenvalue weighted by Gasteiger charge is 2.36. The van der Waals surface area contributed by atoms with Gasteiger partial charge in [0.15, 0.2) is 11.5 Å². The number of nitrogens with zero attached hydrogens (tertiary/aromatic N) is 3. The molecule has 39 heavy (non-hydrogen) atoms. The molecule has 1 saturated heterocycles. The average molecular weight is 634 g/mol. The lowest BCUT2D eigenvalue weighted by Gasteiger charge is -2.13. The number of nitro groups is 1. The van der Waals surface area contributed by atoms with Gasteiger partial charge in [-0.1, -0.05) is 17.7 Å². The van der Waals surface area contributed by atoms with Crippen LogP contribution in [0.3, 0.4) is 0 Å². The SMILES string of the molecule is CCOc1cc(/C=C2\SC(=O)N(CC(=O)Nc3ccc(Br)c(Cl)c3)C2=O)ccc1Oc1ccc([N+](=O)[O-])cn1. The summed E-state index contributed by atoms with van der Waals surface area (Å²) in [6, 6.07) is 12.3. The second-order valence-electron chi connectivity index (χ2n) is 7.80. The molecule has 3 amide bonds. The predicted molar refractivity (Wildman–Crippen MR) is 149 cm³/mol. The Morgan fingerprint density at radius 3 is 2.67 bits per heavy atom. The molecule has 0 atom stereocenters. The number of anilines is 1. The molecule has 0 radical (unpaired) electrons. The van der Waals surface area contributed by atoms with Crippen LogP contribution in [0.4, 0.5) is 16.2 Å². The molecule has 200 valence electrons. The number of nitrogens with one attached hydrogen (secondary N) is 1. The quantitative estimate of drug-likeness (QED) is 0.164. The molecule has 3 aromatic rings. The summed E-state index contributed by atoms with van der Waals surface area (Å²) in [7, 11) is 0. The molecule has 2 aromatic carbocycles. The van der Waals surface area contributed by atoms with E-state index in [-0.39, 0.29) is 16.5 Å². The van der Waals surface area contributed by atoms with Crippen LogP contribution in [-0.2, 0) is 9.59 Å². The topological polar surface area (TPSA) is 141 Å². The molecule has 1 N–H and O–H groups in total. The van der Waals surface area contributed by atoms with E-state index in [9.17, 15) is 24.5 Å². The number of halogens is 2. The lowest BCUT2D eigenvalue weighted by molar-refractivity contribution is -0.385. The molecule has 1 aliphatic rings. The summed E-state index contributed by atoms with van der Waals surface area (Å²) in [6.45, 7) is 1.62. The van der Waals surface area contributed by atoms with Crippen LogP contribution in [0.2, 0.25) is 5.02 Å². The van der Waals surface area contributed by atoms with Crippen LogP contribution in [0, 0.1) is 10.1 Å². The van der Waals surface area contributed by atoms with Crippen molar-refractivity contribution >= 4 is 73.8 Å². The summed E-state index contributed by atoms with van der Waals surface area (Å²) in [5.74, 6) is -0.412. The zero-order chi connectivity index (χ0) is 28.1. The third-order valence-corrected chi connectivity index (χ3v) is 7.23. The number of ether oxygens (including phenoxy) is 2. The fourth-order valence-electron chi connectivity index (χ4n) is 3.33. The molecule has 0 bridgehead atoms. The molecule has 1 aromatic heterocycles. The van der Waals surface area contributed by atoms with E-state index >= 15 is 0 Å². The molecule has 14 heteroatoms. The van der Waals surface area contributed by atoms with Gasteiger partial charge in [0.2, 0.25) is 11.8 Å². The fraction of sp³-hybridized carbons (Fsp3) is 0.120. The zero-order valence-electron chi connectivity index (χ0n) is 20.1. The number of imide groups is 1. The molecule has 0 spiro atoms. The monoisotopic (exact) mass is 632 g/mol. The van der Waals surface area contributed by atoms with Crippen molar-refractivity contribution in [2.75, 3.05) is 18.5 Å². The number of hydrogen-bond donors (Lipinski definition) is 1. The second kappa shape index (κ2) is 12.3. The molecular weight excluding hydrogens is 616 g/mol. The Hall–Kier alpha value is -3.94. The molecule has 0 unspecified atom stereocenters. The van der Waals surface area contributed by atoms with E-state index in [0.717, 1.165) is 11.1 Å². The summed E-state index contributed by atoms with van der Waals surface area (Å²) >= 11 is 10.0. The number of hydrogen-bond acceptors (Lipinski definition) is 9. The lowest BCUT2D eigenvalue weighted by atomic mass is 10.2. The van der Waals surface area contributed by atoms with Gasteiger partial charge in [-0.3, -0.25) is 29.4 Å². The third-order valence-electron chi connectivity index (χ3n) is 5.09. The van der Waals surface area contributed by atoms with E-state index in [2.05, 4.69) is 26.2 Å². The van der Waals surface area contributed by atoms with Crippen molar-refractivity contribution in [3.8, 4) is 17.4 Å². The maximum atomic E-state index is 12.9. The minimum atomic E-state index is -0.609. The van der Waals surface area contributed by atoms with Gasteiger partial charge in [0.25, 0.3) is 16.8 Å². The highest BCUT2D eigenvalue weighted by molar-refractivity contribution is 9.10. The number of carbonyl (C=O) groups excluding carboxylic acids is 3. The van der Waals surface area contributed by atoms with Gasteiger partial charge >= 0.3 is 0 Å². The van der Waals surface area contributed by atoms with Gasteiger partial charge in [0.1, 0.15) is 12.7 Å². The van der Waals surface area contributed by atoms with Crippen LogP contribution >= 0.6 is 39.3 Å². The van der Waals surface area contributed by atoms with Gasteiger partial charge in [-0.25, -0.2) is 4.98 Å². The van der Waals surface area contributed by atoms with Crippen molar-refractivity contribution in [3.63, 3.8) is 0 Å². The smallest absolute Gasteiger partial charge is 0.294 e. The maximum Gasteiger partial charge on any atom is 0.294 e. The fourth-order valence-corrected chi connectivity index (χ4v) is 4.59. The molecule has 1 fully saturated rings. The number of benzene rings is 2. The van der Waals surface area contributed by atoms with Crippen LogP contribution in [0.25, 0.3) is 6.08 Å². The summed E-state index contributed by atoms with van der Waals surface area (Å²) < 4.78 is 12.0. The number of pyridine rings is 1. The molecule has 0 aliphatic carbocycles. The molecule has 11 nitrogen and oxygen atoms in total. The van der Waals surface area contributed by atoms with E-state index in [1.807, 2.05) is 0 Å². The van der Waals surface area contributed by atoms with Crippen LogP contribution in [0.1, 0.15) is 12.5 Å². The summed E-state index contributed by atoms with van der Waals surface area (Å²) in [5.41, 5.74) is 0.791. The van der Waals surface area contributed by atoms with Crippen molar-refractivity contribution in [1.82, 2.24) is 9.88 Å². The largest absolute Gasteiger partial charge is 0.490 e. The Labute approximate surface area is 239 Å². The first kappa shape index (κ1) is 28.1. The minimum absolute atomic E-state index is 0.124. The van der Waals surface area contributed by atoms with E-state index in [0.29, 0.717) is 50.6 Å². The average Bonchev–Trinajstić information content (AvgIpc) is 3.15. The van der Waals surface area contributed by atoms with E-state index in [1.54, 1.807) is 37.3 Å². The van der Waals surface area contributed by atoms with Gasteiger partial charge in [-0.05, 0) is 76.6 Å². The van der Waals surface area contributed by atoms with Crippen molar-refractivity contribution in [3.05, 3.63) is 84.8 Å². The van der Waals surface area contributed by atoms with Gasteiger partial charge in [0.05, 0.1) is 21.5 Å². The highest BCUT2D eigenvalue weighted by Crippen LogP contribution is 2.36. The summed E-state index contributed by atoms with van der Waals surface area (Å²) in [5, 5.41) is 13.3. The molecule has 2 heterocycles. The minimum Gasteiger partial charge on any atom is -0.490 e. The van der Waals surface area contributed by atoms with Gasteiger partial charge in [-0.2, -0.15) is 0 Å². The number of rotatable bonds is 9. The second-order valence-corrected chi connectivity index (χ2v) is 10.1.